The molecule has 2 aromatic rings. The predicted molar refractivity (Wildman–Crippen MR) is 119 cm³/mol. The third-order valence-electron chi connectivity index (χ3n) is 4.76. The van der Waals surface area contributed by atoms with E-state index in [1.165, 1.54) is 7.11 Å². The van der Waals surface area contributed by atoms with E-state index in [0.717, 1.165) is 16.9 Å². The minimum atomic E-state index is -0.465. The van der Waals surface area contributed by atoms with Crippen molar-refractivity contribution in [2.24, 2.45) is 5.92 Å². The monoisotopic (exact) mass is 421 g/mol. The number of nitrogens with one attached hydrogen (secondary N) is 1. The second kappa shape index (κ2) is 9.42. The smallest absolute Gasteiger partial charge is 0.338 e. The standard InChI is InChI=1S/C23H23N3O3S/c1-15(2)21-19(22(27)28-3)20(16-9-11-18(12-10-16)29-14-13-24)25-23(30)26(21)17-7-5-4-6-8-17/h4-12,15,20H,14H2,1-3H3,(H,25,30)/t20-/m1/s1. The zero-order valence-corrected chi connectivity index (χ0v) is 17.9. The number of nitriles is 1. The van der Waals surface area contributed by atoms with E-state index in [9.17, 15) is 4.79 Å². The van der Waals surface area contributed by atoms with E-state index >= 15 is 0 Å². The molecule has 154 valence electrons. The zero-order valence-electron chi connectivity index (χ0n) is 17.1. The Morgan fingerprint density at radius 1 is 1.20 bits per heavy atom. The quantitative estimate of drug-likeness (QED) is 0.556. The Bertz CT molecular complexity index is 995. The van der Waals surface area contributed by atoms with Gasteiger partial charge in [0.25, 0.3) is 0 Å². The van der Waals surface area contributed by atoms with Gasteiger partial charge < -0.3 is 14.8 Å². The number of hydrogen-bond acceptors (Lipinski definition) is 5. The molecule has 0 spiro atoms. The molecule has 1 atom stereocenters. The number of para-hydroxylation sites is 1. The van der Waals surface area contributed by atoms with E-state index in [0.29, 0.717) is 16.4 Å². The summed E-state index contributed by atoms with van der Waals surface area (Å²) in [6, 6.07) is 18.4. The molecule has 0 amide bonds. The number of rotatable bonds is 6. The van der Waals surface area contributed by atoms with Gasteiger partial charge in [0.15, 0.2) is 11.7 Å². The Morgan fingerprint density at radius 3 is 2.43 bits per heavy atom. The van der Waals surface area contributed by atoms with Gasteiger partial charge in [-0.15, -0.1) is 0 Å². The van der Waals surface area contributed by atoms with Crippen molar-refractivity contribution in [3.8, 4) is 11.8 Å². The fraction of sp³-hybridized carbons (Fsp3) is 0.261. The van der Waals surface area contributed by atoms with Crippen LogP contribution in [-0.2, 0) is 9.53 Å². The molecule has 0 fully saturated rings. The first-order valence-corrected chi connectivity index (χ1v) is 9.96. The number of anilines is 1. The van der Waals surface area contributed by atoms with Gasteiger partial charge in [0.05, 0.1) is 18.7 Å². The van der Waals surface area contributed by atoms with Gasteiger partial charge in [0.2, 0.25) is 0 Å². The molecule has 0 bridgehead atoms. The lowest BCUT2D eigenvalue weighted by atomic mass is 9.90. The van der Waals surface area contributed by atoms with E-state index in [1.807, 2.05) is 67.3 Å². The third kappa shape index (κ3) is 4.29. The van der Waals surface area contributed by atoms with Gasteiger partial charge in [-0.05, 0) is 48.0 Å². The Hall–Kier alpha value is -3.37. The first-order valence-electron chi connectivity index (χ1n) is 9.55. The highest BCUT2D eigenvalue weighted by atomic mass is 32.1. The molecule has 0 saturated carbocycles. The molecule has 1 aliphatic rings. The topological polar surface area (TPSA) is 74.6 Å². The molecular formula is C23H23N3O3S. The predicted octanol–water partition coefficient (Wildman–Crippen LogP) is 4.11. The van der Waals surface area contributed by atoms with Gasteiger partial charge in [-0.25, -0.2) is 4.79 Å². The fourth-order valence-electron chi connectivity index (χ4n) is 3.50. The average Bonchev–Trinajstić information content (AvgIpc) is 2.77. The van der Waals surface area contributed by atoms with Gasteiger partial charge in [-0.3, -0.25) is 4.90 Å². The molecule has 0 saturated heterocycles. The lowest BCUT2D eigenvalue weighted by molar-refractivity contribution is -0.136. The first kappa shape index (κ1) is 21.3. The summed E-state index contributed by atoms with van der Waals surface area (Å²) in [5.41, 5.74) is 3.02. The SMILES string of the molecule is COC(=O)C1=C(C(C)C)N(c2ccccc2)C(=S)N[C@@H]1c1ccc(OCC#N)cc1. The van der Waals surface area contributed by atoms with Crippen LogP contribution in [0.3, 0.4) is 0 Å². The highest BCUT2D eigenvalue weighted by molar-refractivity contribution is 7.80. The number of thiocarbonyl (C=S) groups is 1. The lowest BCUT2D eigenvalue weighted by Crippen LogP contribution is -2.49. The summed E-state index contributed by atoms with van der Waals surface area (Å²) in [6.45, 7) is 4.03. The fourth-order valence-corrected chi connectivity index (χ4v) is 3.82. The summed E-state index contributed by atoms with van der Waals surface area (Å²) in [5.74, 6) is 0.182. The van der Waals surface area contributed by atoms with E-state index in [2.05, 4.69) is 5.32 Å². The van der Waals surface area contributed by atoms with E-state index in [1.54, 1.807) is 12.1 Å². The van der Waals surface area contributed by atoms with Gasteiger partial charge >= 0.3 is 5.97 Å². The number of benzene rings is 2. The molecule has 30 heavy (non-hydrogen) atoms. The second-order valence-corrected chi connectivity index (χ2v) is 7.40. The van der Waals surface area contributed by atoms with Gasteiger partial charge in [0, 0.05) is 11.4 Å². The van der Waals surface area contributed by atoms with Crippen LogP contribution in [0.15, 0.2) is 65.9 Å². The number of methoxy groups -OCH3 is 1. The molecule has 1 aliphatic heterocycles. The Morgan fingerprint density at radius 2 is 1.87 bits per heavy atom. The van der Waals surface area contributed by atoms with Crippen LogP contribution in [0.1, 0.15) is 25.5 Å². The number of carbonyl (C=O) groups excluding carboxylic acids is 1. The maximum Gasteiger partial charge on any atom is 0.338 e. The minimum absolute atomic E-state index is 0.0140. The van der Waals surface area contributed by atoms with Crippen LogP contribution >= 0.6 is 12.2 Å². The molecule has 2 aromatic carbocycles. The maximum atomic E-state index is 12.9. The summed E-state index contributed by atoms with van der Waals surface area (Å²) >= 11 is 5.71. The van der Waals surface area contributed by atoms with E-state index < -0.39 is 12.0 Å². The molecular weight excluding hydrogens is 398 g/mol. The van der Waals surface area contributed by atoms with E-state index in [-0.39, 0.29) is 12.5 Å². The number of nitrogens with zero attached hydrogens (tertiary/aromatic N) is 2. The van der Waals surface area contributed by atoms with Crippen LogP contribution in [-0.4, -0.2) is 24.8 Å². The Kier molecular flexibility index (Phi) is 6.70. The maximum absolute atomic E-state index is 12.9. The summed E-state index contributed by atoms with van der Waals surface area (Å²) < 4.78 is 10.5. The van der Waals surface area contributed by atoms with Crippen molar-refractivity contribution >= 4 is 29.0 Å². The number of esters is 1. The van der Waals surface area contributed by atoms with Crippen LogP contribution in [0, 0.1) is 17.2 Å². The van der Waals surface area contributed by atoms with Crippen molar-refractivity contribution in [3.63, 3.8) is 0 Å². The van der Waals surface area contributed by atoms with Crippen molar-refractivity contribution in [2.75, 3.05) is 18.6 Å². The number of allylic oxidation sites excluding steroid dienone is 1. The molecule has 1 N–H and O–H groups in total. The van der Waals surface area contributed by atoms with Crippen LogP contribution in [0.4, 0.5) is 5.69 Å². The lowest BCUT2D eigenvalue weighted by Gasteiger charge is -2.40. The van der Waals surface area contributed by atoms with Crippen LogP contribution in [0.25, 0.3) is 0 Å². The summed E-state index contributed by atoms with van der Waals surface area (Å²) in [4.78, 5) is 14.8. The number of ether oxygens (including phenoxy) is 2. The normalized spacial score (nSPS) is 16.2. The molecule has 6 nitrogen and oxygen atoms in total. The molecule has 0 unspecified atom stereocenters. The van der Waals surface area contributed by atoms with Crippen molar-refractivity contribution in [3.05, 3.63) is 71.4 Å². The van der Waals surface area contributed by atoms with Crippen LogP contribution < -0.4 is 15.0 Å². The molecule has 0 aliphatic carbocycles. The summed E-state index contributed by atoms with van der Waals surface area (Å²) in [7, 11) is 1.38. The van der Waals surface area contributed by atoms with E-state index in [4.69, 9.17) is 27.0 Å². The van der Waals surface area contributed by atoms with Crippen molar-refractivity contribution in [1.29, 1.82) is 5.26 Å². The molecule has 0 radical (unpaired) electrons. The summed E-state index contributed by atoms with van der Waals surface area (Å²) in [5, 5.41) is 12.5. The molecule has 1 heterocycles. The third-order valence-corrected chi connectivity index (χ3v) is 5.06. The minimum Gasteiger partial charge on any atom is -0.479 e. The zero-order chi connectivity index (χ0) is 21.7. The number of hydrogen-bond donors (Lipinski definition) is 1. The van der Waals surface area contributed by atoms with Crippen LogP contribution in [0.2, 0.25) is 0 Å². The molecule has 3 rings (SSSR count). The number of carbonyl (C=O) groups is 1. The first-order chi connectivity index (χ1) is 14.5. The van der Waals surface area contributed by atoms with Gasteiger partial charge in [-0.1, -0.05) is 44.2 Å². The van der Waals surface area contributed by atoms with Gasteiger partial charge in [-0.2, -0.15) is 5.26 Å². The largest absolute Gasteiger partial charge is 0.479 e. The molecule has 7 heteroatoms. The van der Waals surface area contributed by atoms with Crippen LogP contribution in [0.5, 0.6) is 5.75 Å². The van der Waals surface area contributed by atoms with Crippen molar-refractivity contribution in [2.45, 2.75) is 19.9 Å². The molecule has 0 aromatic heterocycles. The highest BCUT2D eigenvalue weighted by Crippen LogP contribution is 2.37. The highest BCUT2D eigenvalue weighted by Gasteiger charge is 2.38. The van der Waals surface area contributed by atoms with Crippen molar-refractivity contribution < 1.29 is 14.3 Å². The summed E-state index contributed by atoms with van der Waals surface area (Å²) in [6.07, 6.45) is 0. The Balaban J connectivity index is 2.12. The van der Waals surface area contributed by atoms with Gasteiger partial charge in [0.1, 0.15) is 11.8 Å². The average molecular weight is 422 g/mol. The second-order valence-electron chi connectivity index (χ2n) is 7.01. The van der Waals surface area contributed by atoms with Crippen molar-refractivity contribution in [1.82, 2.24) is 5.32 Å². The Labute approximate surface area is 181 Å².